The Balaban J connectivity index is 3.14. The maximum absolute atomic E-state index is 12.7. The van der Waals surface area contributed by atoms with E-state index in [1.54, 1.807) is 0 Å². The van der Waals surface area contributed by atoms with Crippen LogP contribution in [0.1, 0.15) is 12.5 Å². The fraction of sp³-hybridized carbons (Fsp3) is 0.222. The van der Waals surface area contributed by atoms with Gasteiger partial charge in [0, 0.05) is 12.5 Å². The Kier molecular flexibility index (Phi) is 2.34. The van der Waals surface area contributed by atoms with Crippen LogP contribution >= 0.6 is 0 Å². The molecule has 0 fully saturated rings. The number of quaternary nitrogens is 1. The summed E-state index contributed by atoms with van der Waals surface area (Å²) in [5, 5.41) is 10.6. The average Bonchev–Trinajstić information content (AvgIpc) is 2.04. The molecule has 1 atom stereocenters. The van der Waals surface area contributed by atoms with Crippen molar-refractivity contribution in [1.82, 2.24) is 0 Å². The molecule has 4 heteroatoms. The molecule has 0 aliphatic carbocycles. The van der Waals surface area contributed by atoms with Crippen molar-refractivity contribution in [2.45, 2.75) is 12.5 Å². The van der Waals surface area contributed by atoms with Crippen LogP contribution < -0.4 is 10.8 Å². The maximum Gasteiger partial charge on any atom is 0.157 e. The minimum Gasteiger partial charge on any atom is -0.543 e. The van der Waals surface area contributed by atoms with Crippen molar-refractivity contribution >= 4 is 5.97 Å². The number of carbonyl (C=O) groups excluding carboxylic acids is 1. The third-order valence-corrected chi connectivity index (χ3v) is 1.91. The van der Waals surface area contributed by atoms with Crippen LogP contribution in [0.25, 0.3) is 0 Å². The first-order chi connectivity index (χ1) is 5.94. The van der Waals surface area contributed by atoms with E-state index in [1.165, 1.54) is 25.1 Å². The number of benzene rings is 1. The zero-order chi connectivity index (χ0) is 10.1. The van der Waals surface area contributed by atoms with Gasteiger partial charge in [-0.05, 0) is 12.1 Å². The van der Waals surface area contributed by atoms with Crippen LogP contribution in [0.4, 0.5) is 4.39 Å². The highest BCUT2D eigenvalue weighted by Gasteiger charge is 2.27. The molecule has 0 saturated heterocycles. The molecule has 13 heavy (non-hydrogen) atoms. The Hall–Kier alpha value is -1.42. The minimum atomic E-state index is -1.40. The Labute approximate surface area is 75.0 Å². The molecule has 70 valence electrons. The predicted molar refractivity (Wildman–Crippen MR) is 41.6 cm³/mol. The summed E-state index contributed by atoms with van der Waals surface area (Å²) in [5.74, 6) is -1.80. The Bertz CT molecular complexity index is 336. The van der Waals surface area contributed by atoms with Gasteiger partial charge >= 0.3 is 0 Å². The van der Waals surface area contributed by atoms with Gasteiger partial charge in [-0.25, -0.2) is 4.39 Å². The summed E-state index contributed by atoms with van der Waals surface area (Å²) in [6.45, 7) is 1.37. The normalized spacial score (nSPS) is 15.0. The summed E-state index contributed by atoms with van der Waals surface area (Å²) in [5.41, 5.74) is 2.35. The molecule has 0 heterocycles. The lowest BCUT2D eigenvalue weighted by Crippen LogP contribution is -2.75. The van der Waals surface area contributed by atoms with Crippen LogP contribution in [0.2, 0.25) is 0 Å². The predicted octanol–water partition coefficient (Wildman–Crippen LogP) is -0.967. The molecule has 0 spiro atoms. The van der Waals surface area contributed by atoms with Gasteiger partial charge in [0.25, 0.3) is 0 Å². The summed E-state index contributed by atoms with van der Waals surface area (Å²) in [6.07, 6.45) is 0. The van der Waals surface area contributed by atoms with Crippen LogP contribution in [0.5, 0.6) is 0 Å². The molecule has 1 aromatic rings. The van der Waals surface area contributed by atoms with Crippen LogP contribution in [0.3, 0.4) is 0 Å². The maximum atomic E-state index is 12.7. The van der Waals surface area contributed by atoms with Gasteiger partial charge in [0.2, 0.25) is 0 Å². The van der Waals surface area contributed by atoms with Crippen molar-refractivity contribution in [3.8, 4) is 0 Å². The molecule has 3 nitrogen and oxygen atoms in total. The molecule has 0 amide bonds. The van der Waals surface area contributed by atoms with Crippen molar-refractivity contribution in [3.63, 3.8) is 0 Å². The molecule has 1 rings (SSSR count). The van der Waals surface area contributed by atoms with E-state index >= 15 is 0 Å². The zero-order valence-electron chi connectivity index (χ0n) is 7.21. The topological polar surface area (TPSA) is 67.8 Å². The third-order valence-electron chi connectivity index (χ3n) is 1.91. The number of aliphatic carboxylic acids is 1. The van der Waals surface area contributed by atoms with Crippen molar-refractivity contribution in [2.24, 2.45) is 0 Å². The largest absolute Gasteiger partial charge is 0.543 e. The number of rotatable bonds is 2. The molecule has 0 aromatic heterocycles. The highest BCUT2D eigenvalue weighted by Crippen LogP contribution is 2.15. The fourth-order valence-corrected chi connectivity index (χ4v) is 0.950. The lowest BCUT2D eigenvalue weighted by molar-refractivity contribution is -0.489. The van der Waals surface area contributed by atoms with Gasteiger partial charge in [-0.1, -0.05) is 12.1 Å². The van der Waals surface area contributed by atoms with Crippen molar-refractivity contribution < 1.29 is 20.0 Å². The SMILES string of the molecule is C[C@@]([NH3+])(C(=O)[O-])c1cccc(F)c1. The summed E-state index contributed by atoms with van der Waals surface area (Å²) >= 11 is 0. The summed E-state index contributed by atoms with van der Waals surface area (Å²) in [7, 11) is 0. The number of carboxylic acids is 1. The second-order valence-corrected chi connectivity index (χ2v) is 3.13. The summed E-state index contributed by atoms with van der Waals surface area (Å²) < 4.78 is 12.7. The van der Waals surface area contributed by atoms with E-state index in [1.807, 2.05) is 0 Å². The van der Waals surface area contributed by atoms with Crippen LogP contribution in [-0.2, 0) is 10.3 Å². The monoisotopic (exact) mass is 183 g/mol. The van der Waals surface area contributed by atoms with Crippen molar-refractivity contribution in [2.75, 3.05) is 0 Å². The number of hydrogen-bond donors (Lipinski definition) is 1. The minimum absolute atomic E-state index is 0.299. The quantitative estimate of drug-likeness (QED) is 0.641. The van der Waals surface area contributed by atoms with Gasteiger partial charge in [0.05, 0.1) is 0 Å². The van der Waals surface area contributed by atoms with Gasteiger partial charge in [0.1, 0.15) is 11.8 Å². The smallest absolute Gasteiger partial charge is 0.157 e. The molecule has 0 bridgehead atoms. The Morgan fingerprint density at radius 3 is 2.69 bits per heavy atom. The third kappa shape index (κ3) is 1.84. The van der Waals surface area contributed by atoms with Crippen LogP contribution in [-0.4, -0.2) is 5.97 Å². The number of carboxylic acid groups (broad SMARTS) is 1. The lowest BCUT2D eigenvalue weighted by Gasteiger charge is -2.22. The second kappa shape index (κ2) is 3.14. The molecule has 0 aliphatic rings. The van der Waals surface area contributed by atoms with E-state index in [2.05, 4.69) is 5.73 Å². The summed E-state index contributed by atoms with van der Waals surface area (Å²) in [4.78, 5) is 10.6. The van der Waals surface area contributed by atoms with Gasteiger partial charge in [-0.2, -0.15) is 0 Å². The number of hydrogen-bond acceptors (Lipinski definition) is 2. The highest BCUT2D eigenvalue weighted by atomic mass is 19.1. The van der Waals surface area contributed by atoms with Crippen LogP contribution in [0, 0.1) is 5.82 Å². The molecular weight excluding hydrogens is 173 g/mol. The molecule has 0 radical (unpaired) electrons. The van der Waals surface area contributed by atoms with E-state index < -0.39 is 17.3 Å². The van der Waals surface area contributed by atoms with E-state index in [0.29, 0.717) is 5.56 Å². The Morgan fingerprint density at radius 2 is 2.23 bits per heavy atom. The molecule has 0 saturated carbocycles. The molecule has 0 unspecified atom stereocenters. The first kappa shape index (κ1) is 9.67. The first-order valence-electron chi connectivity index (χ1n) is 3.77. The lowest BCUT2D eigenvalue weighted by atomic mass is 9.93. The molecule has 0 aliphatic heterocycles. The standard InChI is InChI=1S/C9H10FNO2/c1-9(11,8(12)13)6-3-2-4-7(10)5-6/h2-5H,11H2,1H3,(H,12,13)/t9-/m0/s1. The molecule has 1 aromatic carbocycles. The molecular formula is C9H10FNO2. The van der Waals surface area contributed by atoms with Gasteiger partial charge in [-0.3, -0.25) is 0 Å². The van der Waals surface area contributed by atoms with Crippen molar-refractivity contribution in [3.05, 3.63) is 35.6 Å². The van der Waals surface area contributed by atoms with Gasteiger partial charge < -0.3 is 15.6 Å². The average molecular weight is 183 g/mol. The summed E-state index contributed by atoms with van der Waals surface area (Å²) in [6, 6.07) is 5.33. The zero-order valence-corrected chi connectivity index (χ0v) is 7.21. The Morgan fingerprint density at radius 1 is 1.62 bits per heavy atom. The van der Waals surface area contributed by atoms with Gasteiger partial charge in [-0.15, -0.1) is 0 Å². The molecule has 3 N–H and O–H groups in total. The second-order valence-electron chi connectivity index (χ2n) is 3.13. The van der Waals surface area contributed by atoms with Crippen LogP contribution in [0.15, 0.2) is 24.3 Å². The van der Waals surface area contributed by atoms with E-state index in [4.69, 9.17) is 0 Å². The van der Waals surface area contributed by atoms with E-state index in [-0.39, 0.29) is 0 Å². The highest BCUT2D eigenvalue weighted by molar-refractivity contribution is 5.75. The number of halogens is 1. The van der Waals surface area contributed by atoms with E-state index in [9.17, 15) is 14.3 Å². The number of carbonyl (C=O) groups is 1. The van der Waals surface area contributed by atoms with Gasteiger partial charge in [0.15, 0.2) is 5.54 Å². The first-order valence-corrected chi connectivity index (χ1v) is 3.77. The fourth-order valence-electron chi connectivity index (χ4n) is 0.950. The van der Waals surface area contributed by atoms with E-state index in [0.717, 1.165) is 6.07 Å². The van der Waals surface area contributed by atoms with Crippen molar-refractivity contribution in [1.29, 1.82) is 0 Å².